The second-order valence-electron chi connectivity index (χ2n) is 6.52. The van der Waals surface area contributed by atoms with Crippen LogP contribution in [0.1, 0.15) is 15.9 Å². The fourth-order valence-electron chi connectivity index (χ4n) is 3.19. The first-order chi connectivity index (χ1) is 14.6. The van der Waals surface area contributed by atoms with Gasteiger partial charge in [-0.15, -0.1) is 0 Å². The third-order valence-electron chi connectivity index (χ3n) is 4.66. The van der Waals surface area contributed by atoms with Crippen molar-refractivity contribution in [3.63, 3.8) is 0 Å². The second kappa shape index (κ2) is 8.04. The first-order valence-electron chi connectivity index (χ1n) is 9.20. The van der Waals surface area contributed by atoms with Gasteiger partial charge in [-0.05, 0) is 42.8 Å². The van der Waals surface area contributed by atoms with E-state index in [1.165, 1.54) is 11.7 Å². The molecule has 30 heavy (non-hydrogen) atoms. The summed E-state index contributed by atoms with van der Waals surface area (Å²) in [7, 11) is 1.53. The number of hydrogen-bond donors (Lipinski definition) is 1. The monoisotopic (exact) mass is 401 g/mol. The topological polar surface area (TPSA) is 91.0 Å². The van der Waals surface area contributed by atoms with E-state index in [0.29, 0.717) is 28.5 Å². The van der Waals surface area contributed by atoms with E-state index in [0.717, 1.165) is 0 Å². The minimum atomic E-state index is -0.517. The van der Waals surface area contributed by atoms with Crippen LogP contribution < -0.4 is 15.6 Å². The van der Waals surface area contributed by atoms with Crippen molar-refractivity contribution in [1.82, 2.24) is 19.1 Å². The minimum absolute atomic E-state index is 0.0452. The number of imidazole rings is 1. The number of pyridine rings is 2. The third-order valence-corrected chi connectivity index (χ3v) is 4.66. The predicted octanol–water partition coefficient (Wildman–Crippen LogP) is 2.99. The van der Waals surface area contributed by atoms with Gasteiger partial charge in [0.1, 0.15) is 17.6 Å². The Morgan fingerprint density at radius 1 is 1.07 bits per heavy atom. The number of methoxy groups -OCH3 is 1. The molecule has 8 heteroatoms. The molecule has 0 spiro atoms. The van der Waals surface area contributed by atoms with Gasteiger partial charge in [0.15, 0.2) is 5.82 Å². The number of carbonyl (C=O) groups is 1. The van der Waals surface area contributed by atoms with E-state index in [1.807, 2.05) is 6.07 Å². The maximum Gasteiger partial charge on any atom is 0.268 e. The van der Waals surface area contributed by atoms with Gasteiger partial charge in [0.2, 0.25) is 0 Å². The molecule has 0 saturated carbocycles. The zero-order valence-corrected chi connectivity index (χ0v) is 16.4. The molecule has 3 heterocycles. The Balaban J connectivity index is 1.76. The molecular formula is C22H19N5O3. The Bertz CT molecular complexity index is 1260. The predicted molar refractivity (Wildman–Crippen MR) is 113 cm³/mol. The quantitative estimate of drug-likeness (QED) is 0.555. The molecule has 0 aliphatic rings. The van der Waals surface area contributed by atoms with Gasteiger partial charge in [-0.2, -0.15) is 0 Å². The van der Waals surface area contributed by atoms with E-state index in [4.69, 9.17) is 4.74 Å². The van der Waals surface area contributed by atoms with Crippen LogP contribution in [0.3, 0.4) is 0 Å². The van der Waals surface area contributed by atoms with E-state index >= 15 is 0 Å². The number of amides is 1. The summed E-state index contributed by atoms with van der Waals surface area (Å²) in [5, 5.41) is 2.81. The Morgan fingerprint density at radius 3 is 2.67 bits per heavy atom. The van der Waals surface area contributed by atoms with Crippen molar-refractivity contribution in [3.8, 4) is 17.3 Å². The average molecular weight is 401 g/mol. The summed E-state index contributed by atoms with van der Waals surface area (Å²) in [6.45, 7) is 1.73. The van der Waals surface area contributed by atoms with Gasteiger partial charge >= 0.3 is 0 Å². The largest absolute Gasteiger partial charge is 0.495 e. The van der Waals surface area contributed by atoms with Crippen molar-refractivity contribution in [2.45, 2.75) is 6.92 Å². The third kappa shape index (κ3) is 3.46. The van der Waals surface area contributed by atoms with E-state index in [9.17, 15) is 9.59 Å². The van der Waals surface area contributed by atoms with E-state index in [2.05, 4.69) is 15.3 Å². The Kier molecular flexibility index (Phi) is 5.13. The molecule has 0 unspecified atom stereocenters. The highest BCUT2D eigenvalue weighted by Gasteiger charge is 2.19. The van der Waals surface area contributed by atoms with Crippen molar-refractivity contribution in [1.29, 1.82) is 0 Å². The number of nitrogens with zero attached hydrogens (tertiary/aromatic N) is 4. The highest BCUT2D eigenvalue weighted by atomic mass is 16.5. The first-order valence-corrected chi connectivity index (χ1v) is 9.20. The number of anilines is 1. The fraction of sp³-hybridized carbons (Fsp3) is 0.0909. The molecule has 0 aliphatic heterocycles. The van der Waals surface area contributed by atoms with Crippen LogP contribution in [0, 0.1) is 6.92 Å². The lowest BCUT2D eigenvalue weighted by Gasteiger charge is -2.14. The second-order valence-corrected chi connectivity index (χ2v) is 6.52. The van der Waals surface area contributed by atoms with Crippen LogP contribution in [0.5, 0.6) is 5.75 Å². The number of ether oxygens (including phenoxy) is 1. The van der Waals surface area contributed by atoms with Gasteiger partial charge in [0, 0.05) is 24.8 Å². The van der Waals surface area contributed by atoms with Crippen molar-refractivity contribution in [2.75, 3.05) is 12.4 Å². The first kappa shape index (κ1) is 19.1. The van der Waals surface area contributed by atoms with Crippen LogP contribution in [0.4, 0.5) is 5.69 Å². The number of carbonyl (C=O) groups excluding carboxylic acids is 1. The van der Waals surface area contributed by atoms with Crippen LogP contribution in [0.2, 0.25) is 0 Å². The van der Waals surface area contributed by atoms with Crippen LogP contribution >= 0.6 is 0 Å². The lowest BCUT2D eigenvalue weighted by atomic mass is 10.1. The summed E-state index contributed by atoms with van der Waals surface area (Å²) >= 11 is 0. The Labute approximate surface area is 172 Å². The molecule has 150 valence electrons. The normalized spacial score (nSPS) is 10.6. The maximum atomic E-state index is 13.2. The highest BCUT2D eigenvalue weighted by molar-refractivity contribution is 6.05. The molecule has 8 nitrogen and oxygen atoms in total. The molecule has 3 aromatic heterocycles. The van der Waals surface area contributed by atoms with Gasteiger partial charge in [-0.1, -0.05) is 12.1 Å². The number of aromatic nitrogens is 4. The Hall–Kier alpha value is -4.20. The van der Waals surface area contributed by atoms with Crippen LogP contribution in [-0.4, -0.2) is 32.1 Å². The molecule has 4 rings (SSSR count). The minimum Gasteiger partial charge on any atom is -0.495 e. The van der Waals surface area contributed by atoms with E-state index < -0.39 is 11.5 Å². The smallest absolute Gasteiger partial charge is 0.268 e. The van der Waals surface area contributed by atoms with Gasteiger partial charge in [-0.25, -0.2) is 9.97 Å². The zero-order chi connectivity index (χ0) is 21.1. The van der Waals surface area contributed by atoms with Gasteiger partial charge < -0.3 is 10.1 Å². The Morgan fingerprint density at radius 2 is 1.90 bits per heavy atom. The molecule has 0 atom stereocenters. The van der Waals surface area contributed by atoms with Gasteiger partial charge in [0.25, 0.3) is 11.5 Å². The average Bonchev–Trinajstić information content (AvgIpc) is 3.29. The summed E-state index contributed by atoms with van der Waals surface area (Å²) in [4.78, 5) is 34.6. The number of benzene rings is 1. The molecule has 0 radical (unpaired) electrons. The lowest BCUT2D eigenvalue weighted by molar-refractivity contribution is 0.102. The standard InChI is InChI=1S/C22H19N5O3/c1-15-9-12-27(17-7-3-4-8-18(17)30-2)22(29)19(15)21(28)25-16-6-5-10-24-20(16)26-13-11-23-14-26/h3-14H,1-2H3,(H,25,28). The number of hydrogen-bond acceptors (Lipinski definition) is 5. The number of aryl methyl sites for hydroxylation is 1. The maximum absolute atomic E-state index is 13.2. The van der Waals surface area contributed by atoms with Crippen molar-refractivity contribution in [3.05, 3.63) is 95.1 Å². The van der Waals surface area contributed by atoms with E-state index in [-0.39, 0.29) is 5.56 Å². The number of para-hydroxylation sites is 2. The lowest BCUT2D eigenvalue weighted by Crippen LogP contribution is -2.29. The van der Waals surface area contributed by atoms with Crippen LogP contribution in [0.15, 0.2) is 78.4 Å². The molecule has 1 aromatic carbocycles. The number of nitrogens with one attached hydrogen (secondary N) is 1. The molecule has 0 fully saturated rings. The van der Waals surface area contributed by atoms with Crippen molar-refractivity contribution in [2.24, 2.45) is 0 Å². The molecule has 1 N–H and O–H groups in total. The summed E-state index contributed by atoms with van der Waals surface area (Å²) in [5.41, 5.74) is 1.19. The van der Waals surface area contributed by atoms with Crippen LogP contribution in [0.25, 0.3) is 11.5 Å². The number of rotatable bonds is 5. The fourth-order valence-corrected chi connectivity index (χ4v) is 3.19. The van der Waals surface area contributed by atoms with Crippen molar-refractivity contribution >= 4 is 11.6 Å². The molecule has 0 bridgehead atoms. The van der Waals surface area contributed by atoms with Crippen molar-refractivity contribution < 1.29 is 9.53 Å². The highest BCUT2D eigenvalue weighted by Crippen LogP contribution is 2.22. The van der Waals surface area contributed by atoms with E-state index in [1.54, 1.807) is 79.0 Å². The van der Waals surface area contributed by atoms with Gasteiger partial charge in [-0.3, -0.25) is 18.7 Å². The summed E-state index contributed by atoms with van der Waals surface area (Å²) in [6.07, 6.45) is 8.18. The molecule has 0 saturated heterocycles. The SMILES string of the molecule is COc1ccccc1-n1ccc(C)c(C(=O)Nc2cccnc2-n2ccnc2)c1=O. The zero-order valence-electron chi connectivity index (χ0n) is 16.4. The summed E-state index contributed by atoms with van der Waals surface area (Å²) in [5.74, 6) is 0.516. The van der Waals surface area contributed by atoms with Crippen LogP contribution in [-0.2, 0) is 0 Å². The molecule has 0 aliphatic carbocycles. The van der Waals surface area contributed by atoms with Gasteiger partial charge in [0.05, 0.1) is 18.5 Å². The molecular weight excluding hydrogens is 382 g/mol. The molecule has 1 amide bonds. The summed E-state index contributed by atoms with van der Waals surface area (Å²) in [6, 6.07) is 12.3. The summed E-state index contributed by atoms with van der Waals surface area (Å²) < 4.78 is 8.45. The molecule has 4 aromatic rings.